The smallest absolute Gasteiger partial charge is 0.308 e. The zero-order chi connectivity index (χ0) is 21.6. The number of benzene rings is 1. The maximum atomic E-state index is 12.5. The molecule has 0 radical (unpaired) electrons. The van der Waals surface area contributed by atoms with Crippen molar-refractivity contribution in [3.05, 3.63) is 30.3 Å². The van der Waals surface area contributed by atoms with Gasteiger partial charge in [0.15, 0.2) is 0 Å². The van der Waals surface area contributed by atoms with Crippen LogP contribution in [0.2, 0.25) is 0 Å². The molecule has 2 N–H and O–H groups in total. The zero-order valence-corrected chi connectivity index (χ0v) is 17.2. The van der Waals surface area contributed by atoms with Crippen molar-refractivity contribution in [1.29, 1.82) is 0 Å². The predicted molar refractivity (Wildman–Crippen MR) is 107 cm³/mol. The molecule has 8 nitrogen and oxygen atoms in total. The molecule has 2 atom stereocenters. The lowest BCUT2D eigenvalue weighted by Gasteiger charge is -2.22. The number of carbonyl (C=O) groups excluding carboxylic acids is 4. The second kappa shape index (κ2) is 13.3. The Morgan fingerprint density at radius 1 is 1.10 bits per heavy atom. The molecule has 0 aliphatic carbocycles. The third-order valence-corrected chi connectivity index (χ3v) is 4.17. The van der Waals surface area contributed by atoms with Gasteiger partial charge in [-0.15, -0.1) is 0 Å². The lowest BCUT2D eigenvalue weighted by molar-refractivity contribution is -0.145. The molecule has 1 aromatic rings. The summed E-state index contributed by atoms with van der Waals surface area (Å²) in [4.78, 5) is 47.4. The number of ether oxygens (including phenoxy) is 2. The summed E-state index contributed by atoms with van der Waals surface area (Å²) in [6, 6.07) is 8.25. The molecule has 2 amide bonds. The van der Waals surface area contributed by atoms with Gasteiger partial charge in [-0.25, -0.2) is 0 Å². The molecule has 0 bridgehead atoms. The highest BCUT2D eigenvalue weighted by atomic mass is 16.5. The van der Waals surface area contributed by atoms with Gasteiger partial charge in [0.25, 0.3) is 0 Å². The third kappa shape index (κ3) is 9.73. The largest absolute Gasteiger partial charge is 0.492 e. The van der Waals surface area contributed by atoms with E-state index in [-0.39, 0.29) is 31.3 Å². The lowest BCUT2D eigenvalue weighted by atomic mass is 9.91. The first kappa shape index (κ1) is 24.1. The summed E-state index contributed by atoms with van der Waals surface area (Å²) in [6.45, 7) is 6.10. The second-order valence-electron chi connectivity index (χ2n) is 6.83. The normalized spacial score (nSPS) is 12.6. The van der Waals surface area contributed by atoms with E-state index in [1.165, 1.54) is 0 Å². The van der Waals surface area contributed by atoms with Crippen LogP contribution in [-0.4, -0.2) is 49.9 Å². The standard InChI is InChI=1S/C21H30N2O6/c1-4-28-20(26)12-16(14-24)23-21(27)18(15(2)3)13-19(25)22-10-11-29-17-8-6-5-7-9-17/h5-9,14-16,18H,4,10-13H2,1-3H3,(H,22,25)(H,23,27). The fraction of sp³-hybridized carbons (Fsp3) is 0.524. The van der Waals surface area contributed by atoms with Gasteiger partial charge in [-0.1, -0.05) is 32.0 Å². The summed E-state index contributed by atoms with van der Waals surface area (Å²) in [7, 11) is 0. The highest BCUT2D eigenvalue weighted by molar-refractivity contribution is 5.88. The maximum absolute atomic E-state index is 12.5. The highest BCUT2D eigenvalue weighted by Gasteiger charge is 2.27. The Kier molecular flexibility index (Phi) is 11.1. The molecule has 1 aromatic carbocycles. The van der Waals surface area contributed by atoms with E-state index in [2.05, 4.69) is 10.6 Å². The van der Waals surface area contributed by atoms with Crippen molar-refractivity contribution in [2.45, 2.75) is 39.7 Å². The SMILES string of the molecule is CCOC(=O)CC(C=O)NC(=O)C(CC(=O)NCCOc1ccccc1)C(C)C. The van der Waals surface area contributed by atoms with Gasteiger partial charge < -0.3 is 24.9 Å². The Balaban J connectivity index is 2.47. The Labute approximate surface area is 171 Å². The van der Waals surface area contributed by atoms with Crippen molar-refractivity contribution >= 4 is 24.1 Å². The molecule has 8 heteroatoms. The summed E-state index contributed by atoms with van der Waals surface area (Å²) in [5.74, 6) is -1.35. The molecule has 0 saturated carbocycles. The molecule has 29 heavy (non-hydrogen) atoms. The average molecular weight is 406 g/mol. The summed E-state index contributed by atoms with van der Waals surface area (Å²) >= 11 is 0. The van der Waals surface area contributed by atoms with E-state index < -0.39 is 23.8 Å². The Morgan fingerprint density at radius 3 is 2.38 bits per heavy atom. The Bertz CT molecular complexity index is 662. The van der Waals surface area contributed by atoms with Gasteiger partial charge >= 0.3 is 5.97 Å². The van der Waals surface area contributed by atoms with Gasteiger partial charge in [-0.05, 0) is 25.0 Å². The van der Waals surface area contributed by atoms with Crippen LogP contribution in [0.5, 0.6) is 5.75 Å². The lowest BCUT2D eigenvalue weighted by Crippen LogP contribution is -2.44. The molecule has 160 valence electrons. The van der Waals surface area contributed by atoms with Gasteiger partial charge in [0.2, 0.25) is 11.8 Å². The first-order valence-electron chi connectivity index (χ1n) is 9.73. The summed E-state index contributed by atoms with van der Waals surface area (Å²) in [5, 5.41) is 5.24. The van der Waals surface area contributed by atoms with Gasteiger partial charge in [0.1, 0.15) is 18.6 Å². The minimum Gasteiger partial charge on any atom is -0.492 e. The number of hydrogen-bond donors (Lipinski definition) is 2. The molecule has 0 saturated heterocycles. The molecule has 1 rings (SSSR count). The van der Waals surface area contributed by atoms with Crippen molar-refractivity contribution < 1.29 is 28.7 Å². The zero-order valence-electron chi connectivity index (χ0n) is 17.2. The maximum Gasteiger partial charge on any atom is 0.308 e. The number of esters is 1. The Hall–Kier alpha value is -2.90. The third-order valence-electron chi connectivity index (χ3n) is 4.17. The average Bonchev–Trinajstić information content (AvgIpc) is 2.69. The first-order chi connectivity index (χ1) is 13.9. The minimum absolute atomic E-state index is 0.0280. The number of amides is 2. The van der Waals surface area contributed by atoms with Gasteiger partial charge in [0.05, 0.1) is 25.6 Å². The number of carbonyl (C=O) groups is 4. The van der Waals surface area contributed by atoms with Crippen molar-refractivity contribution in [3.63, 3.8) is 0 Å². The highest BCUT2D eigenvalue weighted by Crippen LogP contribution is 2.16. The van der Waals surface area contributed by atoms with Crippen LogP contribution in [-0.2, 0) is 23.9 Å². The summed E-state index contributed by atoms with van der Waals surface area (Å²) in [5.41, 5.74) is 0. The minimum atomic E-state index is -0.981. The van der Waals surface area contributed by atoms with E-state index in [9.17, 15) is 19.2 Å². The quantitative estimate of drug-likeness (QED) is 0.292. The molecule has 0 aromatic heterocycles. The summed E-state index contributed by atoms with van der Waals surface area (Å²) in [6.07, 6.45) is 0.226. The monoisotopic (exact) mass is 406 g/mol. The van der Waals surface area contributed by atoms with E-state index >= 15 is 0 Å². The van der Waals surface area contributed by atoms with Crippen LogP contribution in [0.3, 0.4) is 0 Å². The topological polar surface area (TPSA) is 111 Å². The van der Waals surface area contributed by atoms with E-state index in [0.29, 0.717) is 25.2 Å². The molecular weight excluding hydrogens is 376 g/mol. The van der Waals surface area contributed by atoms with Crippen molar-refractivity contribution in [3.8, 4) is 5.75 Å². The number of hydrogen-bond acceptors (Lipinski definition) is 6. The number of nitrogens with one attached hydrogen (secondary N) is 2. The van der Waals surface area contributed by atoms with Crippen LogP contribution >= 0.6 is 0 Å². The fourth-order valence-electron chi connectivity index (χ4n) is 2.60. The van der Waals surface area contributed by atoms with E-state index in [0.717, 1.165) is 0 Å². The number of para-hydroxylation sites is 1. The van der Waals surface area contributed by atoms with Crippen LogP contribution in [0, 0.1) is 11.8 Å². The first-order valence-corrected chi connectivity index (χ1v) is 9.73. The molecule has 0 fully saturated rings. The molecule has 0 aliphatic rings. The van der Waals surface area contributed by atoms with E-state index in [1.807, 2.05) is 44.2 Å². The number of rotatable bonds is 13. The molecule has 2 unspecified atom stereocenters. The van der Waals surface area contributed by atoms with Crippen LogP contribution < -0.4 is 15.4 Å². The van der Waals surface area contributed by atoms with Crippen LogP contribution in [0.25, 0.3) is 0 Å². The van der Waals surface area contributed by atoms with Gasteiger partial charge in [-0.2, -0.15) is 0 Å². The van der Waals surface area contributed by atoms with Crippen molar-refractivity contribution in [1.82, 2.24) is 10.6 Å². The second-order valence-corrected chi connectivity index (χ2v) is 6.83. The fourth-order valence-corrected chi connectivity index (χ4v) is 2.60. The number of aldehydes is 1. The Morgan fingerprint density at radius 2 is 1.79 bits per heavy atom. The molecular formula is C21H30N2O6. The molecule has 0 spiro atoms. The molecule has 0 heterocycles. The van der Waals surface area contributed by atoms with E-state index in [4.69, 9.17) is 9.47 Å². The predicted octanol–water partition coefficient (Wildman–Crippen LogP) is 1.48. The van der Waals surface area contributed by atoms with Gasteiger partial charge in [-0.3, -0.25) is 14.4 Å². The van der Waals surface area contributed by atoms with Crippen LogP contribution in [0.1, 0.15) is 33.6 Å². The van der Waals surface area contributed by atoms with Gasteiger partial charge in [0, 0.05) is 12.3 Å². The van der Waals surface area contributed by atoms with Crippen molar-refractivity contribution in [2.75, 3.05) is 19.8 Å². The van der Waals surface area contributed by atoms with Crippen LogP contribution in [0.15, 0.2) is 30.3 Å². The van der Waals surface area contributed by atoms with Crippen molar-refractivity contribution in [2.24, 2.45) is 11.8 Å². The van der Waals surface area contributed by atoms with Crippen LogP contribution in [0.4, 0.5) is 0 Å². The molecule has 0 aliphatic heterocycles. The summed E-state index contributed by atoms with van der Waals surface area (Å²) < 4.78 is 10.3. The van der Waals surface area contributed by atoms with E-state index in [1.54, 1.807) is 6.92 Å².